The van der Waals surface area contributed by atoms with E-state index in [1.807, 2.05) is 31.2 Å². The molecule has 0 radical (unpaired) electrons. The van der Waals surface area contributed by atoms with Crippen molar-refractivity contribution in [3.05, 3.63) is 40.7 Å². The van der Waals surface area contributed by atoms with Crippen molar-refractivity contribution in [2.24, 2.45) is 0 Å². The Labute approximate surface area is 84.7 Å². The molecule has 0 saturated carbocycles. The molecule has 0 saturated heterocycles. The summed E-state index contributed by atoms with van der Waals surface area (Å²) in [5.74, 6) is 0.657. The summed E-state index contributed by atoms with van der Waals surface area (Å²) in [5, 5.41) is 0. The smallest absolute Gasteiger partial charge is 0.227 e. The summed E-state index contributed by atoms with van der Waals surface area (Å²) in [4.78, 5) is 4.19. The Morgan fingerprint density at radius 3 is 2.69 bits per heavy atom. The molecule has 0 aliphatic rings. The van der Waals surface area contributed by atoms with Crippen LogP contribution in [0.3, 0.4) is 0 Å². The second-order valence-corrected chi connectivity index (χ2v) is 3.60. The van der Waals surface area contributed by atoms with Gasteiger partial charge < -0.3 is 4.42 Å². The van der Waals surface area contributed by atoms with E-state index in [0.717, 1.165) is 15.7 Å². The first-order chi connectivity index (χ1) is 6.27. The molecule has 13 heavy (non-hydrogen) atoms. The third kappa shape index (κ3) is 1.65. The van der Waals surface area contributed by atoms with Crippen molar-refractivity contribution in [1.82, 2.24) is 4.98 Å². The van der Waals surface area contributed by atoms with Crippen molar-refractivity contribution < 1.29 is 4.42 Å². The lowest BCUT2D eigenvalue weighted by Gasteiger charge is -1.98. The number of hydrogen-bond donors (Lipinski definition) is 0. The first kappa shape index (κ1) is 8.51. The van der Waals surface area contributed by atoms with Crippen LogP contribution in [-0.4, -0.2) is 4.98 Å². The van der Waals surface area contributed by atoms with E-state index in [9.17, 15) is 0 Å². The van der Waals surface area contributed by atoms with Gasteiger partial charge in [0.2, 0.25) is 5.89 Å². The average molecular weight is 238 g/mol. The Balaban J connectivity index is 2.52. The molecular weight excluding hydrogens is 230 g/mol. The van der Waals surface area contributed by atoms with Crippen LogP contribution in [0.15, 0.2) is 39.5 Å². The number of aromatic nitrogens is 1. The normalized spacial score (nSPS) is 10.3. The van der Waals surface area contributed by atoms with E-state index in [4.69, 9.17) is 4.42 Å². The number of oxazole rings is 1. The van der Waals surface area contributed by atoms with Gasteiger partial charge in [-0.2, -0.15) is 0 Å². The minimum absolute atomic E-state index is 0.657. The van der Waals surface area contributed by atoms with Crippen molar-refractivity contribution in [1.29, 1.82) is 0 Å². The van der Waals surface area contributed by atoms with Gasteiger partial charge in [0.1, 0.15) is 10.9 Å². The summed E-state index contributed by atoms with van der Waals surface area (Å²) in [5.41, 5.74) is 2.20. The fraction of sp³-hybridized carbons (Fsp3) is 0.100. The van der Waals surface area contributed by atoms with Crippen LogP contribution in [0.5, 0.6) is 0 Å². The van der Waals surface area contributed by atoms with Crippen LogP contribution in [0, 0.1) is 6.92 Å². The van der Waals surface area contributed by atoms with Gasteiger partial charge in [0, 0.05) is 5.56 Å². The van der Waals surface area contributed by atoms with Crippen LogP contribution in [0.2, 0.25) is 0 Å². The van der Waals surface area contributed by atoms with Crippen LogP contribution >= 0.6 is 15.9 Å². The molecule has 66 valence electrons. The first-order valence-corrected chi connectivity index (χ1v) is 4.74. The Morgan fingerprint density at radius 2 is 2.08 bits per heavy atom. The van der Waals surface area contributed by atoms with Gasteiger partial charge >= 0.3 is 0 Å². The number of benzene rings is 1. The lowest BCUT2D eigenvalue weighted by molar-refractivity contribution is 0.573. The maximum absolute atomic E-state index is 5.27. The molecule has 0 bridgehead atoms. The molecular formula is C10H8BrNO. The van der Waals surface area contributed by atoms with E-state index in [0.29, 0.717) is 5.89 Å². The first-order valence-electron chi connectivity index (χ1n) is 3.94. The minimum atomic E-state index is 0.657. The van der Waals surface area contributed by atoms with Crippen molar-refractivity contribution in [3.63, 3.8) is 0 Å². The SMILES string of the molecule is Cc1ccccc1-c1nc(Br)co1. The number of aryl methyl sites for hydroxylation is 1. The Morgan fingerprint density at radius 1 is 1.31 bits per heavy atom. The molecule has 2 nitrogen and oxygen atoms in total. The van der Waals surface area contributed by atoms with Gasteiger partial charge in [0.05, 0.1) is 0 Å². The number of nitrogens with zero attached hydrogens (tertiary/aromatic N) is 1. The molecule has 0 spiro atoms. The van der Waals surface area contributed by atoms with Crippen LogP contribution < -0.4 is 0 Å². The molecule has 0 amide bonds. The standard InChI is InChI=1S/C10H8BrNO/c1-7-4-2-3-5-8(7)10-12-9(11)6-13-10/h2-6H,1H3. The average Bonchev–Trinajstić information content (AvgIpc) is 2.53. The molecule has 0 atom stereocenters. The number of halogens is 1. The van der Waals surface area contributed by atoms with Gasteiger partial charge in [-0.3, -0.25) is 0 Å². The van der Waals surface area contributed by atoms with Gasteiger partial charge in [-0.05, 0) is 34.5 Å². The molecule has 0 fully saturated rings. The highest BCUT2D eigenvalue weighted by Crippen LogP contribution is 2.23. The third-order valence-corrected chi connectivity index (χ3v) is 2.22. The lowest BCUT2D eigenvalue weighted by Crippen LogP contribution is -1.81. The molecule has 1 aromatic carbocycles. The zero-order chi connectivity index (χ0) is 9.26. The molecule has 1 aromatic heterocycles. The summed E-state index contributed by atoms with van der Waals surface area (Å²) >= 11 is 3.25. The van der Waals surface area contributed by atoms with Crippen LogP contribution in [0.1, 0.15) is 5.56 Å². The largest absolute Gasteiger partial charge is 0.443 e. The Hall–Kier alpha value is -1.09. The highest BCUT2D eigenvalue weighted by atomic mass is 79.9. The highest BCUT2D eigenvalue weighted by molar-refractivity contribution is 9.10. The predicted molar refractivity (Wildman–Crippen MR) is 54.4 cm³/mol. The summed E-state index contributed by atoms with van der Waals surface area (Å²) in [6.45, 7) is 2.04. The Bertz CT molecular complexity index is 422. The van der Waals surface area contributed by atoms with Gasteiger partial charge in [-0.15, -0.1) is 0 Å². The Kier molecular flexibility index (Phi) is 2.19. The molecule has 0 N–H and O–H groups in total. The van der Waals surface area contributed by atoms with Crippen molar-refractivity contribution >= 4 is 15.9 Å². The highest BCUT2D eigenvalue weighted by Gasteiger charge is 2.06. The van der Waals surface area contributed by atoms with Gasteiger partial charge in [0.25, 0.3) is 0 Å². The van der Waals surface area contributed by atoms with Crippen LogP contribution in [0.25, 0.3) is 11.5 Å². The monoisotopic (exact) mass is 237 g/mol. The van der Waals surface area contributed by atoms with E-state index in [-0.39, 0.29) is 0 Å². The zero-order valence-corrected chi connectivity index (χ0v) is 8.71. The van der Waals surface area contributed by atoms with Crippen molar-refractivity contribution in [3.8, 4) is 11.5 Å². The number of rotatable bonds is 1. The number of hydrogen-bond acceptors (Lipinski definition) is 2. The second-order valence-electron chi connectivity index (χ2n) is 2.79. The van der Waals surface area contributed by atoms with Gasteiger partial charge in [-0.1, -0.05) is 18.2 Å². The van der Waals surface area contributed by atoms with E-state index in [1.54, 1.807) is 6.26 Å². The third-order valence-electron chi connectivity index (χ3n) is 1.85. The van der Waals surface area contributed by atoms with E-state index < -0.39 is 0 Å². The molecule has 0 unspecified atom stereocenters. The summed E-state index contributed by atoms with van der Waals surface area (Å²) in [7, 11) is 0. The topological polar surface area (TPSA) is 26.0 Å². The molecule has 3 heteroatoms. The predicted octanol–water partition coefficient (Wildman–Crippen LogP) is 3.41. The molecule has 0 aliphatic carbocycles. The molecule has 1 heterocycles. The van der Waals surface area contributed by atoms with Crippen molar-refractivity contribution in [2.75, 3.05) is 0 Å². The summed E-state index contributed by atoms with van der Waals surface area (Å²) < 4.78 is 6.00. The van der Waals surface area contributed by atoms with Crippen molar-refractivity contribution in [2.45, 2.75) is 6.92 Å². The zero-order valence-electron chi connectivity index (χ0n) is 7.12. The maximum atomic E-state index is 5.27. The summed E-state index contributed by atoms with van der Waals surface area (Å²) in [6, 6.07) is 8.00. The van der Waals surface area contributed by atoms with Crippen LogP contribution in [-0.2, 0) is 0 Å². The van der Waals surface area contributed by atoms with Gasteiger partial charge in [0.15, 0.2) is 0 Å². The summed E-state index contributed by atoms with van der Waals surface area (Å²) in [6.07, 6.45) is 1.59. The van der Waals surface area contributed by atoms with E-state index in [2.05, 4.69) is 20.9 Å². The lowest BCUT2D eigenvalue weighted by atomic mass is 10.1. The fourth-order valence-electron chi connectivity index (χ4n) is 1.19. The minimum Gasteiger partial charge on any atom is -0.443 e. The molecule has 2 rings (SSSR count). The fourth-order valence-corrected chi connectivity index (χ4v) is 1.45. The molecule has 0 aliphatic heterocycles. The van der Waals surface area contributed by atoms with Gasteiger partial charge in [-0.25, -0.2) is 4.98 Å². The molecule has 2 aromatic rings. The van der Waals surface area contributed by atoms with E-state index in [1.165, 1.54) is 0 Å². The quantitative estimate of drug-likeness (QED) is 0.760. The maximum Gasteiger partial charge on any atom is 0.227 e. The second kappa shape index (κ2) is 3.34. The van der Waals surface area contributed by atoms with E-state index >= 15 is 0 Å². The van der Waals surface area contributed by atoms with Crippen LogP contribution in [0.4, 0.5) is 0 Å².